The van der Waals surface area contributed by atoms with Crippen molar-refractivity contribution in [2.24, 2.45) is 5.41 Å². The molecule has 0 aromatic heterocycles. The summed E-state index contributed by atoms with van der Waals surface area (Å²) in [4.78, 5) is 10.5. The molecule has 1 fully saturated rings. The van der Waals surface area contributed by atoms with E-state index in [1.165, 1.54) is 6.07 Å². The zero-order valence-corrected chi connectivity index (χ0v) is 12.1. The number of nitro groups is 1. The number of nitriles is 1. The highest BCUT2D eigenvalue weighted by molar-refractivity contribution is 5.43. The molecule has 0 atom stereocenters. The molecule has 2 rings (SSSR count). The summed E-state index contributed by atoms with van der Waals surface area (Å²) in [5.41, 5.74) is 0.832. The number of benzene rings is 1. The molecular formula is C15H19N3O3. The van der Waals surface area contributed by atoms with Crippen molar-refractivity contribution in [2.45, 2.75) is 32.7 Å². The summed E-state index contributed by atoms with van der Waals surface area (Å²) in [6, 6.07) is 6.84. The van der Waals surface area contributed by atoms with Gasteiger partial charge in [0, 0.05) is 36.1 Å². The number of nitrogens with zero attached hydrogens (tertiary/aromatic N) is 2. The topological polar surface area (TPSA) is 88.2 Å². The molecule has 0 spiro atoms. The Labute approximate surface area is 123 Å². The molecule has 1 saturated carbocycles. The minimum absolute atomic E-state index is 0.00796. The van der Waals surface area contributed by atoms with Crippen LogP contribution in [0.3, 0.4) is 0 Å². The summed E-state index contributed by atoms with van der Waals surface area (Å²) in [7, 11) is 0. The highest BCUT2D eigenvalue weighted by Gasteiger charge is 2.43. The molecule has 6 heteroatoms. The fourth-order valence-electron chi connectivity index (χ4n) is 2.17. The normalized spacial score (nSPS) is 15.2. The van der Waals surface area contributed by atoms with Crippen molar-refractivity contribution < 1.29 is 9.66 Å². The maximum atomic E-state index is 10.9. The SMILES string of the molecule is CCNCc1cc([N+](=O)[O-])ccc1OCC1(CC#N)CC1. The zero-order valence-electron chi connectivity index (χ0n) is 12.1. The lowest BCUT2D eigenvalue weighted by atomic mass is 10.1. The summed E-state index contributed by atoms with van der Waals surface area (Å²) < 4.78 is 5.84. The van der Waals surface area contributed by atoms with Gasteiger partial charge in [0.05, 0.1) is 17.6 Å². The molecule has 1 N–H and O–H groups in total. The molecule has 21 heavy (non-hydrogen) atoms. The Hall–Kier alpha value is -2.13. The van der Waals surface area contributed by atoms with Crippen molar-refractivity contribution in [3.8, 4) is 11.8 Å². The molecule has 1 aromatic rings. The van der Waals surface area contributed by atoms with Crippen LogP contribution in [0.25, 0.3) is 0 Å². The second-order valence-electron chi connectivity index (χ2n) is 5.45. The van der Waals surface area contributed by atoms with Crippen molar-refractivity contribution >= 4 is 5.69 Å². The summed E-state index contributed by atoms with van der Waals surface area (Å²) >= 11 is 0. The van der Waals surface area contributed by atoms with Crippen LogP contribution in [0.15, 0.2) is 18.2 Å². The molecule has 0 bridgehead atoms. The van der Waals surface area contributed by atoms with Crippen molar-refractivity contribution in [1.82, 2.24) is 5.32 Å². The van der Waals surface area contributed by atoms with Crippen molar-refractivity contribution in [2.75, 3.05) is 13.2 Å². The van der Waals surface area contributed by atoms with Gasteiger partial charge in [-0.1, -0.05) is 6.92 Å². The van der Waals surface area contributed by atoms with Gasteiger partial charge in [0.15, 0.2) is 0 Å². The van der Waals surface area contributed by atoms with Gasteiger partial charge in [-0.05, 0) is 25.5 Å². The number of nitrogens with one attached hydrogen (secondary N) is 1. The lowest BCUT2D eigenvalue weighted by molar-refractivity contribution is -0.384. The van der Waals surface area contributed by atoms with Crippen LogP contribution >= 0.6 is 0 Å². The van der Waals surface area contributed by atoms with Crippen molar-refractivity contribution in [3.05, 3.63) is 33.9 Å². The van der Waals surface area contributed by atoms with E-state index in [0.29, 0.717) is 25.3 Å². The smallest absolute Gasteiger partial charge is 0.270 e. The number of ether oxygens (including phenoxy) is 1. The van der Waals surface area contributed by atoms with Crippen LogP contribution in [-0.2, 0) is 6.54 Å². The average molecular weight is 289 g/mol. The van der Waals surface area contributed by atoms with E-state index < -0.39 is 4.92 Å². The summed E-state index contributed by atoms with van der Waals surface area (Å²) in [5, 5.41) is 22.8. The number of rotatable bonds is 8. The van der Waals surface area contributed by atoms with Crippen LogP contribution in [0.2, 0.25) is 0 Å². The first kappa shape index (κ1) is 15.3. The lowest BCUT2D eigenvalue weighted by Gasteiger charge is -2.16. The lowest BCUT2D eigenvalue weighted by Crippen LogP contribution is -2.16. The first-order chi connectivity index (χ1) is 10.1. The van der Waals surface area contributed by atoms with E-state index >= 15 is 0 Å². The Morgan fingerprint density at radius 2 is 2.29 bits per heavy atom. The summed E-state index contributed by atoms with van der Waals surface area (Å²) in [6.07, 6.45) is 2.52. The van der Waals surface area contributed by atoms with Gasteiger partial charge >= 0.3 is 0 Å². The van der Waals surface area contributed by atoms with Gasteiger partial charge in [-0.2, -0.15) is 5.26 Å². The zero-order chi connectivity index (χ0) is 15.3. The molecule has 0 unspecified atom stereocenters. The number of hydrogen-bond acceptors (Lipinski definition) is 5. The molecule has 1 aromatic carbocycles. The standard InChI is InChI=1S/C15H19N3O3/c1-2-17-10-12-9-13(18(19)20)3-4-14(12)21-11-15(5-6-15)7-8-16/h3-4,9,17H,2,5-7,10-11H2,1H3. The van der Waals surface area contributed by atoms with Gasteiger partial charge in [0.1, 0.15) is 5.75 Å². The predicted molar refractivity (Wildman–Crippen MR) is 77.9 cm³/mol. The Morgan fingerprint density at radius 1 is 1.52 bits per heavy atom. The first-order valence-electron chi connectivity index (χ1n) is 7.08. The molecule has 0 saturated heterocycles. The van der Waals surface area contributed by atoms with E-state index in [2.05, 4.69) is 11.4 Å². The maximum Gasteiger partial charge on any atom is 0.270 e. The van der Waals surface area contributed by atoms with E-state index in [1.54, 1.807) is 12.1 Å². The van der Waals surface area contributed by atoms with E-state index in [4.69, 9.17) is 10.00 Å². The second-order valence-corrected chi connectivity index (χ2v) is 5.45. The number of nitro benzene ring substituents is 1. The van der Waals surface area contributed by atoms with Gasteiger partial charge in [-0.25, -0.2) is 0 Å². The molecule has 1 aliphatic carbocycles. The van der Waals surface area contributed by atoms with Crippen LogP contribution in [0.4, 0.5) is 5.69 Å². The van der Waals surface area contributed by atoms with E-state index in [9.17, 15) is 10.1 Å². The van der Waals surface area contributed by atoms with E-state index in [-0.39, 0.29) is 11.1 Å². The molecule has 0 aliphatic heterocycles. The van der Waals surface area contributed by atoms with Crippen molar-refractivity contribution in [3.63, 3.8) is 0 Å². The Morgan fingerprint density at radius 3 is 2.86 bits per heavy atom. The fourth-order valence-corrected chi connectivity index (χ4v) is 2.17. The number of hydrogen-bond donors (Lipinski definition) is 1. The fraction of sp³-hybridized carbons (Fsp3) is 0.533. The molecule has 0 radical (unpaired) electrons. The predicted octanol–water partition coefficient (Wildman–Crippen LogP) is 2.78. The van der Waals surface area contributed by atoms with Gasteiger partial charge < -0.3 is 10.1 Å². The Kier molecular flexibility index (Phi) is 4.76. The van der Waals surface area contributed by atoms with Crippen LogP contribution in [0.5, 0.6) is 5.75 Å². The number of non-ortho nitro benzene ring substituents is 1. The minimum Gasteiger partial charge on any atom is -0.493 e. The van der Waals surface area contributed by atoms with E-state index in [0.717, 1.165) is 24.9 Å². The molecular weight excluding hydrogens is 270 g/mol. The molecule has 112 valence electrons. The first-order valence-corrected chi connectivity index (χ1v) is 7.08. The van der Waals surface area contributed by atoms with Gasteiger partial charge in [-0.3, -0.25) is 10.1 Å². The highest BCUT2D eigenvalue weighted by atomic mass is 16.6. The third-order valence-corrected chi connectivity index (χ3v) is 3.77. The second kappa shape index (κ2) is 6.55. The minimum atomic E-state index is -0.405. The van der Waals surface area contributed by atoms with Crippen LogP contribution in [-0.4, -0.2) is 18.1 Å². The molecule has 1 aliphatic rings. The van der Waals surface area contributed by atoms with Crippen LogP contribution < -0.4 is 10.1 Å². The summed E-state index contributed by atoms with van der Waals surface area (Å²) in [6.45, 7) is 3.78. The van der Waals surface area contributed by atoms with Gasteiger partial charge in [-0.15, -0.1) is 0 Å². The summed E-state index contributed by atoms with van der Waals surface area (Å²) in [5.74, 6) is 0.658. The molecule has 0 amide bonds. The van der Waals surface area contributed by atoms with Crippen molar-refractivity contribution in [1.29, 1.82) is 5.26 Å². The Balaban J connectivity index is 2.10. The molecule has 0 heterocycles. The quantitative estimate of drug-likeness (QED) is 0.587. The van der Waals surface area contributed by atoms with Crippen LogP contribution in [0, 0.1) is 26.9 Å². The van der Waals surface area contributed by atoms with Gasteiger partial charge in [0.2, 0.25) is 0 Å². The Bertz CT molecular complexity index is 562. The van der Waals surface area contributed by atoms with E-state index in [1.807, 2.05) is 6.92 Å². The highest BCUT2D eigenvalue weighted by Crippen LogP contribution is 2.48. The monoisotopic (exact) mass is 289 g/mol. The third kappa shape index (κ3) is 3.92. The van der Waals surface area contributed by atoms with Crippen LogP contribution in [0.1, 0.15) is 31.7 Å². The third-order valence-electron chi connectivity index (χ3n) is 3.77. The average Bonchev–Trinajstić information content (AvgIpc) is 3.23. The largest absolute Gasteiger partial charge is 0.493 e. The van der Waals surface area contributed by atoms with Gasteiger partial charge in [0.25, 0.3) is 5.69 Å². The maximum absolute atomic E-state index is 10.9. The molecule has 6 nitrogen and oxygen atoms in total.